The first-order valence-electron chi connectivity index (χ1n) is 6.43. The third-order valence-corrected chi connectivity index (χ3v) is 3.76. The summed E-state index contributed by atoms with van der Waals surface area (Å²) in [6, 6.07) is 3.72. The lowest BCUT2D eigenvalue weighted by Crippen LogP contribution is -2.40. The summed E-state index contributed by atoms with van der Waals surface area (Å²) < 4.78 is 13.3. The van der Waals surface area contributed by atoms with Gasteiger partial charge in [0.25, 0.3) is 5.69 Å². The van der Waals surface area contributed by atoms with E-state index in [2.05, 4.69) is 0 Å². The maximum absolute atomic E-state index is 13.3. The van der Waals surface area contributed by atoms with E-state index in [4.69, 9.17) is 5.73 Å². The van der Waals surface area contributed by atoms with E-state index in [0.717, 1.165) is 18.9 Å². The molecule has 5 nitrogen and oxygen atoms in total. The summed E-state index contributed by atoms with van der Waals surface area (Å²) in [6.45, 7) is 3.33. The molecule has 2 N–H and O–H groups in total. The fourth-order valence-corrected chi connectivity index (χ4v) is 2.57. The average molecular weight is 267 g/mol. The van der Waals surface area contributed by atoms with Crippen molar-refractivity contribution in [2.75, 3.05) is 18.0 Å². The van der Waals surface area contributed by atoms with Crippen molar-refractivity contribution >= 4 is 11.4 Å². The predicted octanol–water partition coefficient (Wildman–Crippen LogP) is 2.30. The van der Waals surface area contributed by atoms with Crippen LogP contribution in [0.15, 0.2) is 18.2 Å². The van der Waals surface area contributed by atoms with Crippen molar-refractivity contribution in [2.45, 2.75) is 25.8 Å². The van der Waals surface area contributed by atoms with E-state index in [-0.39, 0.29) is 11.7 Å². The number of nitro groups is 1. The van der Waals surface area contributed by atoms with Gasteiger partial charge in [0.1, 0.15) is 11.5 Å². The van der Waals surface area contributed by atoms with E-state index in [1.165, 1.54) is 12.1 Å². The van der Waals surface area contributed by atoms with Crippen molar-refractivity contribution in [3.05, 3.63) is 34.1 Å². The molecular weight excluding hydrogens is 249 g/mol. The second-order valence-electron chi connectivity index (χ2n) is 5.07. The van der Waals surface area contributed by atoms with E-state index in [9.17, 15) is 14.5 Å². The van der Waals surface area contributed by atoms with E-state index in [1.54, 1.807) is 0 Å². The van der Waals surface area contributed by atoms with Crippen LogP contribution in [0.2, 0.25) is 0 Å². The highest BCUT2D eigenvalue weighted by Gasteiger charge is 2.26. The van der Waals surface area contributed by atoms with Gasteiger partial charge in [-0.15, -0.1) is 0 Å². The number of anilines is 1. The topological polar surface area (TPSA) is 72.4 Å². The van der Waals surface area contributed by atoms with Crippen LogP contribution < -0.4 is 10.6 Å². The first-order valence-corrected chi connectivity index (χ1v) is 6.43. The Morgan fingerprint density at radius 2 is 2.11 bits per heavy atom. The van der Waals surface area contributed by atoms with Crippen LogP contribution in [0, 0.1) is 21.8 Å². The summed E-state index contributed by atoms with van der Waals surface area (Å²) in [5.41, 5.74) is 6.19. The lowest BCUT2D eigenvalue weighted by atomic mass is 9.90. The van der Waals surface area contributed by atoms with Crippen molar-refractivity contribution in [3.63, 3.8) is 0 Å². The minimum absolute atomic E-state index is 0.0411. The summed E-state index contributed by atoms with van der Waals surface area (Å²) in [5, 5.41) is 11.0. The van der Waals surface area contributed by atoms with Crippen molar-refractivity contribution in [3.8, 4) is 0 Å². The van der Waals surface area contributed by atoms with Gasteiger partial charge in [-0.05, 0) is 31.7 Å². The van der Waals surface area contributed by atoms with Gasteiger partial charge in [-0.1, -0.05) is 0 Å². The van der Waals surface area contributed by atoms with E-state index in [0.29, 0.717) is 24.7 Å². The molecule has 0 radical (unpaired) electrons. The van der Waals surface area contributed by atoms with Gasteiger partial charge in [-0.3, -0.25) is 10.1 Å². The molecule has 1 atom stereocenters. The molecule has 0 aromatic heterocycles. The zero-order valence-electron chi connectivity index (χ0n) is 10.9. The number of nitro benzene ring substituents is 1. The molecule has 1 fully saturated rings. The second kappa shape index (κ2) is 5.52. The monoisotopic (exact) mass is 267 g/mol. The Labute approximate surface area is 111 Å². The Balaban J connectivity index is 2.19. The summed E-state index contributed by atoms with van der Waals surface area (Å²) in [6.07, 6.45) is 1.76. The number of piperidine rings is 1. The second-order valence-corrected chi connectivity index (χ2v) is 5.07. The first-order chi connectivity index (χ1) is 8.99. The molecule has 0 amide bonds. The van der Waals surface area contributed by atoms with Gasteiger partial charge < -0.3 is 10.6 Å². The third kappa shape index (κ3) is 3.01. The van der Waals surface area contributed by atoms with Gasteiger partial charge in [-0.2, -0.15) is 0 Å². The molecule has 1 aliphatic rings. The maximum Gasteiger partial charge on any atom is 0.292 e. The maximum atomic E-state index is 13.3. The third-order valence-electron chi connectivity index (χ3n) is 3.76. The molecule has 1 saturated heterocycles. The van der Waals surface area contributed by atoms with Gasteiger partial charge in [-0.25, -0.2) is 4.39 Å². The SMILES string of the molecule is CC(N)C1CCN(c2cc(F)ccc2[N+](=O)[O-])CC1. The zero-order valence-corrected chi connectivity index (χ0v) is 10.9. The molecular formula is C13H18FN3O2. The number of nitrogens with zero attached hydrogens (tertiary/aromatic N) is 2. The Morgan fingerprint density at radius 1 is 1.47 bits per heavy atom. The van der Waals surface area contributed by atoms with Gasteiger partial charge in [0.05, 0.1) is 4.92 Å². The summed E-state index contributed by atoms with van der Waals surface area (Å²) in [5.74, 6) is -0.0150. The van der Waals surface area contributed by atoms with Crippen LogP contribution in [-0.4, -0.2) is 24.1 Å². The van der Waals surface area contributed by atoms with E-state index >= 15 is 0 Å². The molecule has 104 valence electrons. The molecule has 2 rings (SSSR count). The minimum atomic E-state index is -0.466. The quantitative estimate of drug-likeness (QED) is 0.673. The zero-order chi connectivity index (χ0) is 14.0. The molecule has 0 bridgehead atoms. The summed E-state index contributed by atoms with van der Waals surface area (Å²) in [4.78, 5) is 12.4. The molecule has 1 heterocycles. The normalized spacial score (nSPS) is 18.4. The van der Waals surface area contributed by atoms with Crippen molar-refractivity contribution < 1.29 is 9.31 Å². The minimum Gasteiger partial charge on any atom is -0.366 e. The van der Waals surface area contributed by atoms with Crippen LogP contribution in [-0.2, 0) is 0 Å². The van der Waals surface area contributed by atoms with E-state index < -0.39 is 10.7 Å². The predicted molar refractivity (Wildman–Crippen MR) is 71.6 cm³/mol. The lowest BCUT2D eigenvalue weighted by Gasteiger charge is -2.34. The fourth-order valence-electron chi connectivity index (χ4n) is 2.57. The van der Waals surface area contributed by atoms with Crippen LogP contribution >= 0.6 is 0 Å². The largest absolute Gasteiger partial charge is 0.366 e. The molecule has 19 heavy (non-hydrogen) atoms. The van der Waals surface area contributed by atoms with Crippen molar-refractivity contribution in [1.82, 2.24) is 0 Å². The highest BCUT2D eigenvalue weighted by molar-refractivity contribution is 5.63. The summed E-state index contributed by atoms with van der Waals surface area (Å²) >= 11 is 0. The van der Waals surface area contributed by atoms with E-state index in [1.807, 2.05) is 11.8 Å². The Morgan fingerprint density at radius 3 is 2.63 bits per heavy atom. The van der Waals surface area contributed by atoms with Crippen molar-refractivity contribution in [1.29, 1.82) is 0 Å². The van der Waals surface area contributed by atoms with Crippen molar-refractivity contribution in [2.24, 2.45) is 11.7 Å². The molecule has 1 unspecified atom stereocenters. The van der Waals surface area contributed by atoms with Crippen LogP contribution in [0.3, 0.4) is 0 Å². The number of hydrogen-bond acceptors (Lipinski definition) is 4. The van der Waals surface area contributed by atoms with Gasteiger partial charge in [0, 0.05) is 31.3 Å². The molecule has 1 aromatic carbocycles. The molecule has 1 aliphatic heterocycles. The summed E-state index contributed by atoms with van der Waals surface area (Å²) in [7, 11) is 0. The van der Waals surface area contributed by atoms with Crippen LogP contribution in [0.1, 0.15) is 19.8 Å². The number of nitrogens with two attached hydrogens (primary N) is 1. The molecule has 1 aromatic rings. The number of rotatable bonds is 3. The first kappa shape index (κ1) is 13.7. The van der Waals surface area contributed by atoms with Gasteiger partial charge in [0.15, 0.2) is 0 Å². The highest BCUT2D eigenvalue weighted by atomic mass is 19.1. The molecule has 0 aliphatic carbocycles. The number of hydrogen-bond donors (Lipinski definition) is 1. The molecule has 6 heteroatoms. The smallest absolute Gasteiger partial charge is 0.292 e. The Hall–Kier alpha value is -1.69. The number of benzene rings is 1. The average Bonchev–Trinajstić information content (AvgIpc) is 2.38. The lowest BCUT2D eigenvalue weighted by molar-refractivity contribution is -0.384. The standard InChI is InChI=1S/C13H18FN3O2/c1-9(15)10-4-6-16(7-5-10)13-8-11(14)2-3-12(13)17(18)19/h2-3,8-10H,4-7,15H2,1H3. The Kier molecular flexibility index (Phi) is 3.99. The van der Waals surface area contributed by atoms with Crippen LogP contribution in [0.5, 0.6) is 0 Å². The van der Waals surface area contributed by atoms with Gasteiger partial charge >= 0.3 is 0 Å². The fraction of sp³-hybridized carbons (Fsp3) is 0.538. The molecule has 0 spiro atoms. The molecule has 0 saturated carbocycles. The van der Waals surface area contributed by atoms with Crippen LogP contribution in [0.25, 0.3) is 0 Å². The number of halogens is 1. The van der Waals surface area contributed by atoms with Crippen LogP contribution in [0.4, 0.5) is 15.8 Å². The Bertz CT molecular complexity index is 471. The highest BCUT2D eigenvalue weighted by Crippen LogP contribution is 2.32. The van der Waals surface area contributed by atoms with Gasteiger partial charge in [0.2, 0.25) is 0 Å².